The lowest BCUT2D eigenvalue weighted by atomic mass is 10.1. The molecular formula is C21H21ClN6O3S. The molecule has 0 bridgehead atoms. The molecule has 2 aromatic carbocycles. The van der Waals surface area contributed by atoms with Gasteiger partial charge in [-0.2, -0.15) is 0 Å². The van der Waals surface area contributed by atoms with Gasteiger partial charge in [-0.15, -0.1) is 10.2 Å². The lowest BCUT2D eigenvalue weighted by Crippen LogP contribution is -2.22. The summed E-state index contributed by atoms with van der Waals surface area (Å²) < 4.78 is 1.91. The minimum absolute atomic E-state index is 0.0357. The first-order valence-corrected chi connectivity index (χ1v) is 11.4. The fourth-order valence-corrected chi connectivity index (χ4v) is 4.52. The summed E-state index contributed by atoms with van der Waals surface area (Å²) in [4.78, 5) is 25.4. The molecule has 11 heteroatoms. The van der Waals surface area contributed by atoms with Crippen molar-refractivity contribution < 1.29 is 9.72 Å². The van der Waals surface area contributed by atoms with Crippen molar-refractivity contribution in [2.75, 3.05) is 29.1 Å². The van der Waals surface area contributed by atoms with E-state index in [9.17, 15) is 14.9 Å². The Hall–Kier alpha value is -3.11. The Morgan fingerprint density at radius 3 is 2.69 bits per heavy atom. The van der Waals surface area contributed by atoms with Crippen LogP contribution >= 0.6 is 23.4 Å². The Morgan fingerprint density at radius 1 is 1.22 bits per heavy atom. The number of rotatable bonds is 7. The summed E-state index contributed by atoms with van der Waals surface area (Å²) in [7, 11) is 0. The molecule has 1 fully saturated rings. The van der Waals surface area contributed by atoms with Crippen LogP contribution in [0.4, 0.5) is 17.3 Å². The Morgan fingerprint density at radius 2 is 1.97 bits per heavy atom. The number of halogens is 1. The molecule has 166 valence electrons. The molecule has 0 saturated carbocycles. The van der Waals surface area contributed by atoms with E-state index in [1.807, 2.05) is 22.8 Å². The molecule has 1 N–H and O–H groups in total. The third-order valence-corrected chi connectivity index (χ3v) is 6.34. The second-order valence-corrected chi connectivity index (χ2v) is 8.71. The van der Waals surface area contributed by atoms with Crippen LogP contribution in [0.25, 0.3) is 5.69 Å². The van der Waals surface area contributed by atoms with E-state index in [1.54, 1.807) is 25.1 Å². The van der Waals surface area contributed by atoms with Crippen LogP contribution in [0.1, 0.15) is 18.4 Å². The molecule has 0 atom stereocenters. The molecule has 2 heterocycles. The Labute approximate surface area is 193 Å². The highest BCUT2D eigenvalue weighted by Crippen LogP contribution is 2.30. The van der Waals surface area contributed by atoms with Crippen LogP contribution in [0.15, 0.2) is 47.6 Å². The molecule has 1 saturated heterocycles. The molecule has 1 aliphatic heterocycles. The van der Waals surface area contributed by atoms with E-state index in [2.05, 4.69) is 20.4 Å². The predicted octanol–water partition coefficient (Wildman–Crippen LogP) is 4.47. The molecular weight excluding hydrogens is 452 g/mol. The summed E-state index contributed by atoms with van der Waals surface area (Å²) in [5.74, 6) is 0.505. The summed E-state index contributed by atoms with van der Waals surface area (Å²) >= 11 is 7.45. The number of nitrogens with zero attached hydrogens (tertiary/aromatic N) is 5. The molecule has 4 rings (SSSR count). The molecule has 0 unspecified atom stereocenters. The van der Waals surface area contributed by atoms with E-state index in [0.29, 0.717) is 21.4 Å². The van der Waals surface area contributed by atoms with Gasteiger partial charge in [0.1, 0.15) is 0 Å². The van der Waals surface area contributed by atoms with Crippen LogP contribution in [0.2, 0.25) is 5.02 Å². The van der Waals surface area contributed by atoms with E-state index < -0.39 is 4.92 Å². The van der Waals surface area contributed by atoms with E-state index >= 15 is 0 Å². The number of hydrogen-bond acceptors (Lipinski definition) is 7. The number of hydrogen-bond donors (Lipinski definition) is 1. The van der Waals surface area contributed by atoms with Gasteiger partial charge in [-0.25, -0.2) is 0 Å². The summed E-state index contributed by atoms with van der Waals surface area (Å²) in [6, 6.07) is 12.0. The maximum atomic E-state index is 12.6. The third kappa shape index (κ3) is 4.71. The molecule has 1 amide bonds. The number of thioether (sulfide) groups is 1. The van der Waals surface area contributed by atoms with Crippen molar-refractivity contribution in [3.05, 3.63) is 63.2 Å². The van der Waals surface area contributed by atoms with Crippen LogP contribution in [0.5, 0.6) is 0 Å². The monoisotopic (exact) mass is 472 g/mol. The highest BCUT2D eigenvalue weighted by Gasteiger charge is 2.23. The average Bonchev–Trinajstić information content (AvgIpc) is 3.43. The lowest BCUT2D eigenvalue weighted by molar-refractivity contribution is -0.385. The van der Waals surface area contributed by atoms with Crippen molar-refractivity contribution in [1.29, 1.82) is 0 Å². The molecule has 0 radical (unpaired) electrons. The molecule has 32 heavy (non-hydrogen) atoms. The first-order valence-electron chi connectivity index (χ1n) is 10.1. The zero-order valence-electron chi connectivity index (χ0n) is 17.3. The van der Waals surface area contributed by atoms with Crippen molar-refractivity contribution in [1.82, 2.24) is 14.8 Å². The van der Waals surface area contributed by atoms with E-state index in [0.717, 1.165) is 37.6 Å². The van der Waals surface area contributed by atoms with Crippen LogP contribution < -0.4 is 10.2 Å². The van der Waals surface area contributed by atoms with E-state index in [4.69, 9.17) is 11.6 Å². The van der Waals surface area contributed by atoms with Crippen molar-refractivity contribution in [2.45, 2.75) is 24.9 Å². The van der Waals surface area contributed by atoms with Crippen molar-refractivity contribution in [3.63, 3.8) is 0 Å². The number of nitro groups is 1. The number of nitrogens with one attached hydrogen (secondary N) is 1. The summed E-state index contributed by atoms with van der Waals surface area (Å²) in [5, 5.41) is 23.8. The molecule has 9 nitrogen and oxygen atoms in total. The SMILES string of the molecule is Cc1c(NC(=O)CSc2nnc(N3CCCC3)n2-c2cccc(Cl)c2)cccc1[N+](=O)[O-]. The Bertz CT molecular complexity index is 1160. The first-order chi connectivity index (χ1) is 15.4. The molecule has 3 aromatic rings. The molecule has 0 spiro atoms. The Kier molecular flexibility index (Phi) is 6.61. The van der Waals surface area contributed by atoms with Crippen molar-refractivity contribution in [2.24, 2.45) is 0 Å². The number of aromatic nitrogens is 3. The zero-order valence-corrected chi connectivity index (χ0v) is 18.9. The number of amides is 1. The number of benzene rings is 2. The van der Waals surface area contributed by atoms with Gasteiger partial charge in [-0.05, 0) is 44.0 Å². The lowest BCUT2D eigenvalue weighted by Gasteiger charge is -2.18. The van der Waals surface area contributed by atoms with Gasteiger partial charge in [0.2, 0.25) is 11.9 Å². The normalized spacial score (nSPS) is 13.4. The smallest absolute Gasteiger partial charge is 0.274 e. The minimum atomic E-state index is -0.465. The maximum Gasteiger partial charge on any atom is 0.274 e. The van der Waals surface area contributed by atoms with E-state index in [1.165, 1.54) is 17.8 Å². The summed E-state index contributed by atoms with van der Waals surface area (Å²) in [6.45, 7) is 3.41. The Balaban J connectivity index is 1.54. The second kappa shape index (κ2) is 9.58. The first kappa shape index (κ1) is 22.1. The van der Waals surface area contributed by atoms with Gasteiger partial charge < -0.3 is 10.2 Å². The summed E-state index contributed by atoms with van der Waals surface area (Å²) in [5.41, 5.74) is 1.61. The highest BCUT2D eigenvalue weighted by atomic mass is 35.5. The second-order valence-electron chi connectivity index (χ2n) is 7.34. The fourth-order valence-electron chi connectivity index (χ4n) is 3.59. The van der Waals surface area contributed by atoms with Gasteiger partial charge in [0.15, 0.2) is 5.16 Å². The highest BCUT2D eigenvalue weighted by molar-refractivity contribution is 7.99. The fraction of sp³-hybridized carbons (Fsp3) is 0.286. The topological polar surface area (TPSA) is 106 Å². The zero-order chi connectivity index (χ0) is 22.7. The van der Waals surface area contributed by atoms with Crippen LogP contribution in [-0.2, 0) is 4.79 Å². The maximum absolute atomic E-state index is 12.6. The standard InChI is InChI=1S/C21H21ClN6O3S/c1-14-17(8-5-9-18(14)28(30)31)23-19(29)13-32-21-25-24-20(26-10-2-3-11-26)27(21)16-7-4-6-15(22)12-16/h4-9,12H,2-3,10-11,13H2,1H3,(H,23,29). The number of anilines is 2. The van der Waals surface area contributed by atoms with Crippen LogP contribution in [0, 0.1) is 17.0 Å². The van der Waals surface area contributed by atoms with Gasteiger partial charge >= 0.3 is 0 Å². The molecule has 0 aliphatic carbocycles. The minimum Gasteiger partial charge on any atom is -0.341 e. The van der Waals surface area contributed by atoms with Crippen molar-refractivity contribution in [3.8, 4) is 5.69 Å². The molecule has 1 aliphatic rings. The van der Waals surface area contributed by atoms with Gasteiger partial charge in [0.05, 0.1) is 27.6 Å². The number of carbonyl (C=O) groups excluding carboxylic acids is 1. The van der Waals surface area contributed by atoms with E-state index in [-0.39, 0.29) is 17.3 Å². The predicted molar refractivity (Wildman–Crippen MR) is 125 cm³/mol. The number of nitro benzene ring substituents is 1. The van der Waals surface area contributed by atoms with Gasteiger partial charge in [0.25, 0.3) is 5.69 Å². The van der Waals surface area contributed by atoms with Crippen molar-refractivity contribution >= 4 is 46.6 Å². The quantitative estimate of drug-likeness (QED) is 0.307. The average molecular weight is 473 g/mol. The largest absolute Gasteiger partial charge is 0.341 e. The third-order valence-electron chi connectivity index (χ3n) is 5.18. The van der Waals surface area contributed by atoms with Gasteiger partial charge in [-0.1, -0.05) is 35.5 Å². The number of carbonyl (C=O) groups is 1. The van der Waals surface area contributed by atoms with Gasteiger partial charge in [0, 0.05) is 24.2 Å². The van der Waals surface area contributed by atoms with Gasteiger partial charge in [-0.3, -0.25) is 19.5 Å². The van der Waals surface area contributed by atoms with Crippen LogP contribution in [0.3, 0.4) is 0 Å². The molecule has 1 aromatic heterocycles. The van der Waals surface area contributed by atoms with Crippen LogP contribution in [-0.4, -0.2) is 44.4 Å². The summed E-state index contributed by atoms with van der Waals surface area (Å²) in [6.07, 6.45) is 2.19.